The number of carbonyl (C=O) groups excluding carboxylic acids is 2. The van der Waals surface area contributed by atoms with Crippen LogP contribution in [0.3, 0.4) is 0 Å². The lowest BCUT2D eigenvalue weighted by atomic mass is 10.0. The lowest BCUT2D eigenvalue weighted by molar-refractivity contribution is -0.133. The summed E-state index contributed by atoms with van der Waals surface area (Å²) in [7, 11) is 0. The first kappa shape index (κ1) is 18.2. The van der Waals surface area contributed by atoms with Crippen LogP contribution in [0.5, 0.6) is 0 Å². The molecule has 3 rings (SSSR count). The van der Waals surface area contributed by atoms with Crippen LogP contribution >= 0.6 is 11.6 Å². The SMILES string of the molecule is CC(NC(=O)c1ccc(Cl)cc1)C(=O)N1CCC(NCC2CC2)CC1. The van der Waals surface area contributed by atoms with Crippen molar-refractivity contribution in [2.24, 2.45) is 5.92 Å². The monoisotopic (exact) mass is 363 g/mol. The molecule has 1 aliphatic carbocycles. The molecule has 1 saturated carbocycles. The van der Waals surface area contributed by atoms with Gasteiger partial charge in [0, 0.05) is 29.7 Å². The number of likely N-dealkylation sites (tertiary alicyclic amines) is 1. The van der Waals surface area contributed by atoms with E-state index in [0.29, 0.717) is 16.6 Å². The molecule has 5 nitrogen and oxygen atoms in total. The van der Waals surface area contributed by atoms with E-state index in [1.165, 1.54) is 12.8 Å². The molecule has 136 valence electrons. The molecule has 0 spiro atoms. The molecule has 1 aromatic rings. The quantitative estimate of drug-likeness (QED) is 0.816. The van der Waals surface area contributed by atoms with Crippen LogP contribution in [0, 0.1) is 5.92 Å². The van der Waals surface area contributed by atoms with Crippen LogP contribution in [0.1, 0.15) is 43.0 Å². The summed E-state index contributed by atoms with van der Waals surface area (Å²) in [6, 6.07) is 6.64. The summed E-state index contributed by atoms with van der Waals surface area (Å²) >= 11 is 5.83. The van der Waals surface area contributed by atoms with Gasteiger partial charge in [-0.3, -0.25) is 9.59 Å². The Balaban J connectivity index is 1.44. The lowest BCUT2D eigenvalue weighted by Crippen LogP contribution is -2.51. The van der Waals surface area contributed by atoms with Gasteiger partial charge in [-0.1, -0.05) is 11.6 Å². The van der Waals surface area contributed by atoms with Crippen molar-refractivity contribution in [1.82, 2.24) is 15.5 Å². The Morgan fingerprint density at radius 1 is 1.16 bits per heavy atom. The van der Waals surface area contributed by atoms with E-state index in [-0.39, 0.29) is 11.8 Å². The molecule has 2 amide bonds. The number of halogens is 1. The molecule has 1 atom stereocenters. The number of piperidine rings is 1. The molecule has 0 radical (unpaired) electrons. The zero-order valence-corrected chi connectivity index (χ0v) is 15.4. The van der Waals surface area contributed by atoms with Crippen molar-refractivity contribution in [2.45, 2.75) is 44.7 Å². The smallest absolute Gasteiger partial charge is 0.251 e. The maximum absolute atomic E-state index is 12.6. The lowest BCUT2D eigenvalue weighted by Gasteiger charge is -2.34. The highest BCUT2D eigenvalue weighted by molar-refractivity contribution is 6.30. The zero-order valence-electron chi connectivity index (χ0n) is 14.6. The number of hydrogen-bond acceptors (Lipinski definition) is 3. The topological polar surface area (TPSA) is 61.4 Å². The Kier molecular flexibility index (Phi) is 5.97. The van der Waals surface area contributed by atoms with E-state index < -0.39 is 6.04 Å². The highest BCUT2D eigenvalue weighted by Gasteiger charge is 2.28. The minimum Gasteiger partial charge on any atom is -0.341 e. The average Bonchev–Trinajstić information content (AvgIpc) is 3.44. The van der Waals surface area contributed by atoms with Crippen LogP contribution in [-0.2, 0) is 4.79 Å². The van der Waals surface area contributed by atoms with Gasteiger partial charge >= 0.3 is 0 Å². The molecule has 1 heterocycles. The first-order valence-electron chi connectivity index (χ1n) is 9.11. The van der Waals surface area contributed by atoms with Crippen LogP contribution in [0.4, 0.5) is 0 Å². The molecule has 25 heavy (non-hydrogen) atoms. The van der Waals surface area contributed by atoms with Gasteiger partial charge in [-0.2, -0.15) is 0 Å². The van der Waals surface area contributed by atoms with Gasteiger partial charge in [-0.05, 0) is 69.3 Å². The van der Waals surface area contributed by atoms with E-state index >= 15 is 0 Å². The molecule has 2 fully saturated rings. The second-order valence-electron chi connectivity index (χ2n) is 7.15. The molecular weight excluding hydrogens is 338 g/mol. The summed E-state index contributed by atoms with van der Waals surface area (Å²) in [5.74, 6) is 0.615. The molecule has 1 unspecified atom stereocenters. The van der Waals surface area contributed by atoms with Crippen LogP contribution in [-0.4, -0.2) is 48.4 Å². The van der Waals surface area contributed by atoms with Crippen molar-refractivity contribution in [3.63, 3.8) is 0 Å². The molecule has 2 N–H and O–H groups in total. The van der Waals surface area contributed by atoms with Gasteiger partial charge in [0.1, 0.15) is 6.04 Å². The van der Waals surface area contributed by atoms with Gasteiger partial charge in [0.2, 0.25) is 5.91 Å². The predicted molar refractivity (Wildman–Crippen MR) is 98.7 cm³/mol. The minimum atomic E-state index is -0.529. The number of rotatable bonds is 6. The summed E-state index contributed by atoms with van der Waals surface area (Å²) in [6.45, 7) is 4.37. The summed E-state index contributed by atoms with van der Waals surface area (Å²) < 4.78 is 0. The van der Waals surface area contributed by atoms with Crippen molar-refractivity contribution in [3.05, 3.63) is 34.9 Å². The number of benzene rings is 1. The normalized spacial score (nSPS) is 19.5. The van der Waals surface area contributed by atoms with Gasteiger partial charge in [-0.15, -0.1) is 0 Å². The van der Waals surface area contributed by atoms with Gasteiger partial charge in [0.05, 0.1) is 0 Å². The Bertz CT molecular complexity index is 608. The van der Waals surface area contributed by atoms with Crippen LogP contribution in [0.25, 0.3) is 0 Å². The number of carbonyl (C=O) groups is 2. The van der Waals surface area contributed by atoms with E-state index in [1.54, 1.807) is 31.2 Å². The van der Waals surface area contributed by atoms with E-state index in [9.17, 15) is 9.59 Å². The van der Waals surface area contributed by atoms with Crippen LogP contribution in [0.15, 0.2) is 24.3 Å². The van der Waals surface area contributed by atoms with Crippen LogP contribution in [0.2, 0.25) is 5.02 Å². The Morgan fingerprint density at radius 2 is 1.80 bits per heavy atom. The second kappa shape index (κ2) is 8.19. The first-order valence-corrected chi connectivity index (χ1v) is 9.49. The maximum Gasteiger partial charge on any atom is 0.251 e. The number of nitrogens with zero attached hydrogens (tertiary/aromatic N) is 1. The summed E-state index contributed by atoms with van der Waals surface area (Å²) in [4.78, 5) is 26.7. The second-order valence-corrected chi connectivity index (χ2v) is 7.59. The fourth-order valence-electron chi connectivity index (χ4n) is 3.18. The number of nitrogens with one attached hydrogen (secondary N) is 2. The van der Waals surface area contributed by atoms with Gasteiger partial charge in [0.25, 0.3) is 5.91 Å². The zero-order chi connectivity index (χ0) is 17.8. The summed E-state index contributed by atoms with van der Waals surface area (Å²) in [5, 5.41) is 6.98. The minimum absolute atomic E-state index is 0.0112. The van der Waals surface area contributed by atoms with E-state index in [1.807, 2.05) is 4.90 Å². The van der Waals surface area contributed by atoms with E-state index in [0.717, 1.165) is 38.4 Å². The number of hydrogen-bond donors (Lipinski definition) is 2. The molecular formula is C19H26ClN3O2. The molecule has 0 aromatic heterocycles. The fourth-order valence-corrected chi connectivity index (χ4v) is 3.30. The highest BCUT2D eigenvalue weighted by atomic mass is 35.5. The third-order valence-corrected chi connectivity index (χ3v) is 5.28. The van der Waals surface area contributed by atoms with Crippen molar-refractivity contribution in [3.8, 4) is 0 Å². The van der Waals surface area contributed by atoms with Gasteiger partial charge < -0.3 is 15.5 Å². The van der Waals surface area contributed by atoms with Crippen molar-refractivity contribution < 1.29 is 9.59 Å². The number of amides is 2. The molecule has 0 bridgehead atoms. The summed E-state index contributed by atoms with van der Waals surface area (Å²) in [6.07, 6.45) is 4.68. The van der Waals surface area contributed by atoms with Crippen molar-refractivity contribution >= 4 is 23.4 Å². The predicted octanol–water partition coefficient (Wildman–Crippen LogP) is 2.45. The Labute approximate surface area is 154 Å². The molecule has 1 aromatic carbocycles. The molecule has 1 aliphatic heterocycles. The Morgan fingerprint density at radius 3 is 2.40 bits per heavy atom. The standard InChI is InChI=1S/C19H26ClN3O2/c1-13(22-18(24)15-4-6-16(20)7-5-15)19(25)23-10-8-17(9-11-23)21-12-14-2-3-14/h4-7,13-14,17,21H,2-3,8-12H2,1H3,(H,22,24). The van der Waals surface area contributed by atoms with Crippen molar-refractivity contribution in [1.29, 1.82) is 0 Å². The Hall–Kier alpha value is -1.59. The van der Waals surface area contributed by atoms with E-state index in [4.69, 9.17) is 11.6 Å². The van der Waals surface area contributed by atoms with Crippen LogP contribution < -0.4 is 10.6 Å². The third kappa shape index (κ3) is 5.19. The molecule has 1 saturated heterocycles. The highest BCUT2D eigenvalue weighted by Crippen LogP contribution is 2.28. The first-order chi connectivity index (χ1) is 12.0. The largest absolute Gasteiger partial charge is 0.341 e. The third-order valence-electron chi connectivity index (χ3n) is 5.02. The van der Waals surface area contributed by atoms with Gasteiger partial charge in [0.15, 0.2) is 0 Å². The van der Waals surface area contributed by atoms with E-state index in [2.05, 4.69) is 10.6 Å². The summed E-state index contributed by atoms with van der Waals surface area (Å²) in [5.41, 5.74) is 0.507. The molecule has 6 heteroatoms. The molecule has 2 aliphatic rings. The average molecular weight is 364 g/mol. The maximum atomic E-state index is 12.6. The fraction of sp³-hybridized carbons (Fsp3) is 0.579. The van der Waals surface area contributed by atoms with Gasteiger partial charge in [-0.25, -0.2) is 0 Å². The van der Waals surface area contributed by atoms with Crippen molar-refractivity contribution in [2.75, 3.05) is 19.6 Å².